The maximum absolute atomic E-state index is 12.8. The van der Waals surface area contributed by atoms with Crippen LogP contribution < -0.4 is 5.32 Å². The van der Waals surface area contributed by atoms with Crippen molar-refractivity contribution in [1.29, 1.82) is 0 Å². The molecule has 0 saturated carbocycles. The molecule has 2 rings (SSSR count). The molecule has 0 atom stereocenters. The number of carboxylic acid groups (broad SMARTS) is 1. The lowest BCUT2D eigenvalue weighted by molar-refractivity contribution is -0.137. The molecule has 0 bridgehead atoms. The minimum atomic E-state index is -1.06. The van der Waals surface area contributed by atoms with Crippen molar-refractivity contribution in [2.75, 3.05) is 0 Å². The van der Waals surface area contributed by atoms with Crippen molar-refractivity contribution in [3.8, 4) is 5.75 Å². The molecule has 3 N–H and O–H groups in total. The van der Waals surface area contributed by atoms with E-state index in [1.165, 1.54) is 6.20 Å². The first kappa shape index (κ1) is 14.4. The molecule has 2 aromatic rings. The highest BCUT2D eigenvalue weighted by molar-refractivity contribution is 5.96. The van der Waals surface area contributed by atoms with E-state index in [-0.39, 0.29) is 18.7 Å². The van der Waals surface area contributed by atoms with Crippen LogP contribution in [0.2, 0.25) is 0 Å². The lowest BCUT2D eigenvalue weighted by atomic mass is 10.2. The zero-order chi connectivity index (χ0) is 15.4. The van der Waals surface area contributed by atoms with Gasteiger partial charge >= 0.3 is 5.97 Å². The summed E-state index contributed by atoms with van der Waals surface area (Å²) >= 11 is 0. The van der Waals surface area contributed by atoms with E-state index in [0.717, 1.165) is 22.9 Å². The van der Waals surface area contributed by atoms with Gasteiger partial charge in [-0.3, -0.25) is 9.59 Å². The van der Waals surface area contributed by atoms with Crippen molar-refractivity contribution >= 4 is 11.9 Å². The van der Waals surface area contributed by atoms with E-state index in [1.807, 2.05) is 0 Å². The van der Waals surface area contributed by atoms with Crippen molar-refractivity contribution in [2.45, 2.75) is 13.1 Å². The van der Waals surface area contributed by atoms with Crippen molar-refractivity contribution < 1.29 is 24.2 Å². The summed E-state index contributed by atoms with van der Waals surface area (Å²) in [6, 6.07) is 3.04. The van der Waals surface area contributed by atoms with Crippen LogP contribution in [0.1, 0.15) is 16.1 Å². The van der Waals surface area contributed by atoms with Gasteiger partial charge in [0.1, 0.15) is 23.8 Å². The van der Waals surface area contributed by atoms with E-state index in [2.05, 4.69) is 15.6 Å². The Labute approximate surface area is 117 Å². The zero-order valence-corrected chi connectivity index (χ0v) is 10.7. The van der Waals surface area contributed by atoms with Gasteiger partial charge in [-0.2, -0.15) is 0 Å². The average molecular weight is 294 g/mol. The Morgan fingerprint density at radius 3 is 2.81 bits per heavy atom. The van der Waals surface area contributed by atoms with Crippen LogP contribution >= 0.6 is 0 Å². The number of carboxylic acids is 1. The van der Waals surface area contributed by atoms with Crippen LogP contribution in [0.4, 0.5) is 4.39 Å². The molecular formula is C12H11FN4O4. The number of amides is 1. The fourth-order valence-electron chi connectivity index (χ4n) is 1.60. The number of phenols is 1. The molecule has 1 aromatic carbocycles. The number of nitrogens with zero attached hydrogens (tertiary/aromatic N) is 3. The summed E-state index contributed by atoms with van der Waals surface area (Å²) in [5.74, 6) is -2.80. The van der Waals surface area contributed by atoms with E-state index in [0.29, 0.717) is 5.69 Å². The number of benzene rings is 1. The van der Waals surface area contributed by atoms with Crippen LogP contribution in [0.5, 0.6) is 5.75 Å². The van der Waals surface area contributed by atoms with Crippen molar-refractivity contribution in [3.05, 3.63) is 41.5 Å². The van der Waals surface area contributed by atoms with Crippen molar-refractivity contribution in [1.82, 2.24) is 20.3 Å². The van der Waals surface area contributed by atoms with Gasteiger partial charge in [0, 0.05) is 6.07 Å². The second-order valence-corrected chi connectivity index (χ2v) is 4.15. The largest absolute Gasteiger partial charge is 0.507 e. The first-order valence-electron chi connectivity index (χ1n) is 5.83. The standard InChI is InChI=1S/C12H11FN4O4/c13-7-1-2-9(10(18)3-7)12(21)14-4-8-5-17(16-15-8)6-11(19)20/h1-3,5,18H,4,6H2,(H,14,21)(H,19,20). The van der Waals surface area contributed by atoms with E-state index >= 15 is 0 Å². The normalized spacial score (nSPS) is 10.3. The number of aliphatic carboxylic acids is 1. The van der Waals surface area contributed by atoms with E-state index in [9.17, 15) is 19.1 Å². The molecule has 9 heteroatoms. The van der Waals surface area contributed by atoms with Crippen LogP contribution in [0.3, 0.4) is 0 Å². The minimum Gasteiger partial charge on any atom is -0.507 e. The predicted molar refractivity (Wildman–Crippen MR) is 66.9 cm³/mol. The molecule has 1 heterocycles. The average Bonchev–Trinajstić information content (AvgIpc) is 2.82. The maximum atomic E-state index is 12.8. The number of phenolic OH excluding ortho intramolecular Hbond substituents is 1. The number of hydrogen-bond acceptors (Lipinski definition) is 5. The highest BCUT2D eigenvalue weighted by atomic mass is 19.1. The third-order valence-corrected chi connectivity index (χ3v) is 2.52. The molecule has 0 spiro atoms. The van der Waals surface area contributed by atoms with E-state index in [4.69, 9.17) is 5.11 Å². The Bertz CT molecular complexity index is 686. The third kappa shape index (κ3) is 3.75. The first-order chi connectivity index (χ1) is 9.95. The van der Waals surface area contributed by atoms with Gasteiger partial charge in [0.15, 0.2) is 0 Å². The van der Waals surface area contributed by atoms with E-state index < -0.39 is 23.4 Å². The quantitative estimate of drug-likeness (QED) is 0.722. The second-order valence-electron chi connectivity index (χ2n) is 4.15. The fourth-order valence-corrected chi connectivity index (χ4v) is 1.60. The summed E-state index contributed by atoms with van der Waals surface area (Å²) in [5.41, 5.74) is 0.278. The number of nitrogens with one attached hydrogen (secondary N) is 1. The van der Waals surface area contributed by atoms with Gasteiger partial charge < -0.3 is 15.5 Å². The van der Waals surface area contributed by atoms with Gasteiger partial charge in [0.25, 0.3) is 5.91 Å². The number of rotatable bonds is 5. The molecule has 1 aromatic heterocycles. The Hall–Kier alpha value is -2.97. The highest BCUT2D eigenvalue weighted by Gasteiger charge is 2.12. The van der Waals surface area contributed by atoms with Crippen LogP contribution in [0, 0.1) is 5.82 Å². The van der Waals surface area contributed by atoms with Crippen LogP contribution in [0.15, 0.2) is 24.4 Å². The number of halogens is 1. The molecule has 0 fully saturated rings. The molecule has 0 aliphatic heterocycles. The highest BCUT2D eigenvalue weighted by Crippen LogP contribution is 2.17. The van der Waals surface area contributed by atoms with Crippen molar-refractivity contribution in [3.63, 3.8) is 0 Å². The summed E-state index contributed by atoms with van der Waals surface area (Å²) in [6.45, 7) is -0.338. The topological polar surface area (TPSA) is 117 Å². The number of carbonyl (C=O) groups excluding carboxylic acids is 1. The van der Waals surface area contributed by atoms with Gasteiger partial charge in [-0.25, -0.2) is 9.07 Å². The van der Waals surface area contributed by atoms with Crippen molar-refractivity contribution in [2.24, 2.45) is 0 Å². The number of carbonyl (C=O) groups is 2. The van der Waals surface area contributed by atoms with Gasteiger partial charge in [-0.1, -0.05) is 5.21 Å². The van der Waals surface area contributed by atoms with Crippen LogP contribution in [-0.2, 0) is 17.9 Å². The molecule has 0 aliphatic carbocycles. The predicted octanol–water partition coefficient (Wildman–Crippen LogP) is 0.137. The number of aromatic hydroxyl groups is 1. The molecule has 8 nitrogen and oxygen atoms in total. The van der Waals surface area contributed by atoms with Gasteiger partial charge in [0.05, 0.1) is 18.3 Å². The monoisotopic (exact) mass is 294 g/mol. The Morgan fingerprint density at radius 1 is 1.38 bits per heavy atom. The molecule has 110 valence electrons. The minimum absolute atomic E-state index is 0.00469. The smallest absolute Gasteiger partial charge is 0.325 e. The maximum Gasteiger partial charge on any atom is 0.325 e. The lowest BCUT2D eigenvalue weighted by Crippen LogP contribution is -2.23. The number of hydrogen-bond donors (Lipinski definition) is 3. The molecule has 21 heavy (non-hydrogen) atoms. The molecule has 0 saturated heterocycles. The van der Waals surface area contributed by atoms with Gasteiger partial charge in [-0.15, -0.1) is 5.10 Å². The van der Waals surface area contributed by atoms with Gasteiger partial charge in [0.2, 0.25) is 0 Å². The van der Waals surface area contributed by atoms with E-state index in [1.54, 1.807) is 0 Å². The molecule has 0 radical (unpaired) electrons. The SMILES string of the molecule is O=C(O)Cn1cc(CNC(=O)c2ccc(F)cc2O)nn1. The first-order valence-corrected chi connectivity index (χ1v) is 5.83. The fraction of sp³-hybridized carbons (Fsp3) is 0.167. The Kier molecular flexibility index (Phi) is 4.12. The Morgan fingerprint density at radius 2 is 2.14 bits per heavy atom. The lowest BCUT2D eigenvalue weighted by Gasteiger charge is -2.05. The van der Waals surface area contributed by atoms with Crippen LogP contribution in [0.25, 0.3) is 0 Å². The van der Waals surface area contributed by atoms with Gasteiger partial charge in [-0.05, 0) is 12.1 Å². The number of aromatic nitrogens is 3. The summed E-state index contributed by atoms with van der Waals surface area (Å²) in [7, 11) is 0. The molecule has 1 amide bonds. The summed E-state index contributed by atoms with van der Waals surface area (Å²) < 4.78 is 13.9. The third-order valence-electron chi connectivity index (χ3n) is 2.52. The summed E-state index contributed by atoms with van der Waals surface area (Å²) in [6.07, 6.45) is 1.37. The second kappa shape index (κ2) is 5.99. The zero-order valence-electron chi connectivity index (χ0n) is 10.7. The molecular weight excluding hydrogens is 283 g/mol. The Balaban J connectivity index is 1.97. The molecule has 0 aliphatic rings. The van der Waals surface area contributed by atoms with Crippen LogP contribution in [-0.4, -0.2) is 37.1 Å². The summed E-state index contributed by atoms with van der Waals surface area (Å²) in [5, 5.41) is 27.8. The molecule has 0 unspecified atom stereocenters. The summed E-state index contributed by atoms with van der Waals surface area (Å²) in [4.78, 5) is 22.3.